The van der Waals surface area contributed by atoms with Gasteiger partial charge >= 0.3 is 12.0 Å². The van der Waals surface area contributed by atoms with Gasteiger partial charge in [-0.05, 0) is 18.8 Å². The number of hydrogen-bond acceptors (Lipinski definition) is 2. The fourth-order valence-corrected chi connectivity index (χ4v) is 2.53. The number of carboxylic acids is 1. The predicted molar refractivity (Wildman–Crippen MR) is 62.6 cm³/mol. The van der Waals surface area contributed by atoms with Gasteiger partial charge < -0.3 is 14.9 Å². The number of aliphatic carboxylic acids is 1. The van der Waals surface area contributed by atoms with Gasteiger partial charge in [-0.15, -0.1) is 0 Å². The molecule has 2 rings (SSSR count). The number of rotatable bonds is 1. The van der Waals surface area contributed by atoms with Crippen LogP contribution in [0.5, 0.6) is 0 Å². The zero-order chi connectivity index (χ0) is 12.4. The van der Waals surface area contributed by atoms with Crippen LogP contribution >= 0.6 is 0 Å². The van der Waals surface area contributed by atoms with Crippen LogP contribution in [0.3, 0.4) is 0 Å². The Bertz CT molecular complexity index is 354. The van der Waals surface area contributed by atoms with Gasteiger partial charge in [-0.1, -0.05) is 19.1 Å². The molecule has 0 saturated carbocycles. The van der Waals surface area contributed by atoms with Crippen LogP contribution in [0.2, 0.25) is 0 Å². The molecule has 2 heterocycles. The average molecular weight is 238 g/mol. The summed E-state index contributed by atoms with van der Waals surface area (Å²) in [7, 11) is 0. The van der Waals surface area contributed by atoms with E-state index in [0.29, 0.717) is 19.6 Å². The van der Waals surface area contributed by atoms with Crippen LogP contribution in [0, 0.1) is 5.92 Å². The molecule has 2 aliphatic rings. The standard InChI is InChI=1S/C12H18N2O3/c1-9-5-8-14(10(9)11(15)16)12(17)13-6-3-2-4-7-13/h2-3,9-10H,4-8H2,1H3,(H,15,16). The number of likely N-dealkylation sites (tertiary alicyclic amines) is 1. The van der Waals surface area contributed by atoms with Gasteiger partial charge in [0.1, 0.15) is 6.04 Å². The molecule has 0 radical (unpaired) electrons. The molecule has 0 bridgehead atoms. The summed E-state index contributed by atoms with van der Waals surface area (Å²) in [5.74, 6) is -0.854. The van der Waals surface area contributed by atoms with Crippen molar-refractivity contribution in [3.8, 4) is 0 Å². The first kappa shape index (κ1) is 12.0. The first-order chi connectivity index (χ1) is 8.11. The second-order valence-corrected chi connectivity index (χ2v) is 4.73. The van der Waals surface area contributed by atoms with Gasteiger partial charge in [0.05, 0.1) is 0 Å². The van der Waals surface area contributed by atoms with E-state index in [4.69, 9.17) is 0 Å². The Hall–Kier alpha value is -1.52. The maximum absolute atomic E-state index is 12.2. The highest BCUT2D eigenvalue weighted by atomic mass is 16.4. The summed E-state index contributed by atoms with van der Waals surface area (Å²) in [5.41, 5.74) is 0. The molecule has 17 heavy (non-hydrogen) atoms. The third-order valence-corrected chi connectivity index (χ3v) is 3.53. The zero-order valence-corrected chi connectivity index (χ0v) is 10.0. The maximum atomic E-state index is 12.2. The zero-order valence-electron chi connectivity index (χ0n) is 10.0. The highest BCUT2D eigenvalue weighted by Crippen LogP contribution is 2.25. The number of carbonyl (C=O) groups excluding carboxylic acids is 1. The summed E-state index contributed by atoms with van der Waals surface area (Å²) in [6.07, 6.45) is 5.63. The molecule has 0 aromatic rings. The largest absolute Gasteiger partial charge is 0.480 e. The van der Waals surface area contributed by atoms with Crippen LogP contribution in [-0.2, 0) is 4.79 Å². The topological polar surface area (TPSA) is 60.9 Å². The highest BCUT2D eigenvalue weighted by molar-refractivity contribution is 5.83. The molecule has 5 nitrogen and oxygen atoms in total. The van der Waals surface area contributed by atoms with Crippen molar-refractivity contribution in [1.82, 2.24) is 9.80 Å². The lowest BCUT2D eigenvalue weighted by atomic mass is 10.0. The molecule has 2 amide bonds. The van der Waals surface area contributed by atoms with Crippen LogP contribution in [0.15, 0.2) is 12.2 Å². The number of hydrogen-bond donors (Lipinski definition) is 1. The lowest BCUT2D eigenvalue weighted by molar-refractivity contribution is -0.142. The molecular formula is C12H18N2O3. The molecule has 0 spiro atoms. The predicted octanol–water partition coefficient (Wildman–Crippen LogP) is 1.16. The van der Waals surface area contributed by atoms with Gasteiger partial charge in [-0.2, -0.15) is 0 Å². The number of carboxylic acid groups (broad SMARTS) is 1. The molecule has 5 heteroatoms. The van der Waals surface area contributed by atoms with Crippen molar-refractivity contribution < 1.29 is 14.7 Å². The Balaban J connectivity index is 2.08. The molecule has 1 saturated heterocycles. The Labute approximate surface area is 101 Å². The SMILES string of the molecule is CC1CCN(C(=O)N2CC=CCC2)C1C(=O)O. The van der Waals surface area contributed by atoms with Crippen molar-refractivity contribution in [3.63, 3.8) is 0 Å². The molecule has 0 aromatic carbocycles. The number of urea groups is 1. The van der Waals surface area contributed by atoms with Crippen LogP contribution in [0.4, 0.5) is 4.79 Å². The number of amides is 2. The first-order valence-corrected chi connectivity index (χ1v) is 6.04. The lowest BCUT2D eigenvalue weighted by Gasteiger charge is -2.31. The minimum Gasteiger partial charge on any atom is -0.480 e. The normalized spacial score (nSPS) is 28.5. The van der Waals surface area contributed by atoms with E-state index in [2.05, 4.69) is 0 Å². The number of carbonyl (C=O) groups is 2. The Morgan fingerprint density at radius 2 is 2.06 bits per heavy atom. The van der Waals surface area contributed by atoms with E-state index in [-0.39, 0.29) is 11.9 Å². The summed E-state index contributed by atoms with van der Waals surface area (Å²) in [4.78, 5) is 26.6. The summed E-state index contributed by atoms with van der Waals surface area (Å²) in [5, 5.41) is 9.17. The third kappa shape index (κ3) is 2.28. The van der Waals surface area contributed by atoms with E-state index in [1.807, 2.05) is 19.1 Å². The summed E-state index contributed by atoms with van der Waals surface area (Å²) in [6.45, 7) is 3.72. The van der Waals surface area contributed by atoms with Crippen molar-refractivity contribution in [2.24, 2.45) is 5.92 Å². The van der Waals surface area contributed by atoms with Crippen LogP contribution in [-0.4, -0.2) is 52.6 Å². The van der Waals surface area contributed by atoms with Gasteiger partial charge in [0, 0.05) is 19.6 Å². The van der Waals surface area contributed by atoms with Crippen LogP contribution < -0.4 is 0 Å². The van der Waals surface area contributed by atoms with E-state index in [1.165, 1.54) is 4.90 Å². The fourth-order valence-electron chi connectivity index (χ4n) is 2.53. The maximum Gasteiger partial charge on any atom is 0.326 e. The minimum absolute atomic E-state index is 0.0387. The molecule has 2 aliphatic heterocycles. The second kappa shape index (κ2) is 4.77. The molecule has 94 valence electrons. The quantitative estimate of drug-likeness (QED) is 0.697. The minimum atomic E-state index is -0.893. The van der Waals surface area contributed by atoms with Gasteiger partial charge in [0.25, 0.3) is 0 Å². The van der Waals surface area contributed by atoms with Crippen LogP contribution in [0.1, 0.15) is 19.8 Å². The Morgan fingerprint density at radius 1 is 1.29 bits per heavy atom. The van der Waals surface area contributed by atoms with Gasteiger partial charge in [-0.25, -0.2) is 9.59 Å². The molecule has 1 N–H and O–H groups in total. The highest BCUT2D eigenvalue weighted by Gasteiger charge is 2.40. The second-order valence-electron chi connectivity index (χ2n) is 4.73. The van der Waals surface area contributed by atoms with E-state index in [1.54, 1.807) is 4.90 Å². The van der Waals surface area contributed by atoms with Gasteiger partial charge in [-0.3, -0.25) is 0 Å². The van der Waals surface area contributed by atoms with E-state index in [9.17, 15) is 14.7 Å². The molecule has 0 aromatic heterocycles. The van der Waals surface area contributed by atoms with Gasteiger partial charge in [0.2, 0.25) is 0 Å². The Kier molecular flexibility index (Phi) is 3.36. The average Bonchev–Trinajstić information content (AvgIpc) is 2.71. The van der Waals surface area contributed by atoms with Crippen molar-refractivity contribution in [3.05, 3.63) is 12.2 Å². The van der Waals surface area contributed by atoms with E-state index in [0.717, 1.165) is 12.8 Å². The molecule has 0 aliphatic carbocycles. The third-order valence-electron chi connectivity index (χ3n) is 3.53. The van der Waals surface area contributed by atoms with Crippen molar-refractivity contribution in [2.45, 2.75) is 25.8 Å². The lowest BCUT2D eigenvalue weighted by Crippen LogP contribution is -2.50. The summed E-state index contributed by atoms with van der Waals surface area (Å²) < 4.78 is 0. The van der Waals surface area contributed by atoms with Crippen LogP contribution in [0.25, 0.3) is 0 Å². The smallest absolute Gasteiger partial charge is 0.326 e. The molecular weight excluding hydrogens is 220 g/mol. The summed E-state index contributed by atoms with van der Waals surface area (Å²) in [6, 6.07) is -0.792. The van der Waals surface area contributed by atoms with Crippen molar-refractivity contribution >= 4 is 12.0 Å². The van der Waals surface area contributed by atoms with Crippen molar-refractivity contribution in [2.75, 3.05) is 19.6 Å². The number of nitrogens with zero attached hydrogens (tertiary/aromatic N) is 2. The molecule has 1 fully saturated rings. The van der Waals surface area contributed by atoms with Gasteiger partial charge in [0.15, 0.2) is 0 Å². The monoisotopic (exact) mass is 238 g/mol. The van der Waals surface area contributed by atoms with E-state index < -0.39 is 12.0 Å². The van der Waals surface area contributed by atoms with E-state index >= 15 is 0 Å². The Morgan fingerprint density at radius 3 is 2.65 bits per heavy atom. The van der Waals surface area contributed by atoms with Crippen molar-refractivity contribution in [1.29, 1.82) is 0 Å². The first-order valence-electron chi connectivity index (χ1n) is 6.04. The molecule has 2 atom stereocenters. The molecule has 2 unspecified atom stereocenters. The fraction of sp³-hybridized carbons (Fsp3) is 0.667. The summed E-state index contributed by atoms with van der Waals surface area (Å²) >= 11 is 0.